The number of carbonyl (C=O) groups is 1. The highest BCUT2D eigenvalue weighted by molar-refractivity contribution is 7.14. The van der Waals surface area contributed by atoms with Gasteiger partial charge in [0, 0.05) is 11.1 Å². The minimum Gasteiger partial charge on any atom is -0.462 e. The molecular weight excluding hydrogens is 324 g/mol. The summed E-state index contributed by atoms with van der Waals surface area (Å²) in [6.45, 7) is 10.4. The lowest BCUT2D eigenvalue weighted by atomic mass is 10.1. The SMILES string of the molecule is CCOC(=O)c1c(C)[nH]c(-c2csc(N3CC[NH+](C)CC3)n2)c1C. The fourth-order valence-corrected chi connectivity index (χ4v) is 3.99. The number of aryl methyl sites for hydroxylation is 1. The zero-order valence-electron chi connectivity index (χ0n) is 14.7. The number of hydrogen-bond acceptors (Lipinski definition) is 5. The minimum atomic E-state index is -0.271. The summed E-state index contributed by atoms with van der Waals surface area (Å²) < 4.78 is 5.16. The molecule has 130 valence electrons. The molecule has 0 aromatic carbocycles. The normalized spacial score (nSPS) is 15.8. The van der Waals surface area contributed by atoms with Crippen molar-refractivity contribution in [2.24, 2.45) is 0 Å². The monoisotopic (exact) mass is 349 g/mol. The number of rotatable bonds is 4. The maximum Gasteiger partial charge on any atom is 0.340 e. The van der Waals surface area contributed by atoms with Gasteiger partial charge in [0.05, 0.1) is 51.1 Å². The van der Waals surface area contributed by atoms with Gasteiger partial charge in [0.25, 0.3) is 0 Å². The van der Waals surface area contributed by atoms with Crippen LogP contribution in [-0.2, 0) is 4.74 Å². The number of aromatic nitrogens is 2. The Morgan fingerprint density at radius 3 is 2.79 bits per heavy atom. The molecular formula is C17H25N4O2S+. The molecule has 0 radical (unpaired) electrons. The Bertz CT molecular complexity index is 729. The first-order valence-electron chi connectivity index (χ1n) is 8.39. The average molecular weight is 349 g/mol. The first-order valence-corrected chi connectivity index (χ1v) is 9.27. The maximum atomic E-state index is 12.1. The van der Waals surface area contributed by atoms with Crippen LogP contribution in [0.5, 0.6) is 0 Å². The van der Waals surface area contributed by atoms with Crippen LogP contribution in [0, 0.1) is 13.8 Å². The van der Waals surface area contributed by atoms with Crippen molar-refractivity contribution in [3.63, 3.8) is 0 Å². The molecule has 0 bridgehead atoms. The minimum absolute atomic E-state index is 0.271. The van der Waals surface area contributed by atoms with Gasteiger partial charge in [0.1, 0.15) is 5.69 Å². The fraction of sp³-hybridized carbons (Fsp3) is 0.529. The molecule has 2 aromatic heterocycles. The summed E-state index contributed by atoms with van der Waals surface area (Å²) in [5, 5.41) is 3.12. The number of piperazine rings is 1. The zero-order chi connectivity index (χ0) is 17.3. The Kier molecular flexibility index (Phi) is 4.91. The van der Waals surface area contributed by atoms with E-state index in [1.165, 1.54) is 0 Å². The van der Waals surface area contributed by atoms with Crippen LogP contribution in [0.2, 0.25) is 0 Å². The first-order chi connectivity index (χ1) is 11.5. The Morgan fingerprint density at radius 1 is 1.42 bits per heavy atom. The number of nitrogens with zero attached hydrogens (tertiary/aromatic N) is 2. The van der Waals surface area contributed by atoms with Gasteiger partial charge in [0.15, 0.2) is 5.13 Å². The third kappa shape index (κ3) is 3.18. The lowest BCUT2D eigenvalue weighted by Gasteiger charge is -2.29. The Labute approximate surface area is 146 Å². The standard InChI is InChI=1S/C17H24N4O2S/c1-5-23-16(22)14-11(2)15(18-12(14)3)13-10-24-17(19-13)21-8-6-20(4)7-9-21/h10,18H,5-9H2,1-4H3/p+1. The van der Waals surface area contributed by atoms with Crippen LogP contribution in [0.1, 0.15) is 28.5 Å². The van der Waals surface area contributed by atoms with Crippen molar-refractivity contribution < 1.29 is 14.4 Å². The summed E-state index contributed by atoms with van der Waals surface area (Å²) in [5.74, 6) is -0.271. The van der Waals surface area contributed by atoms with E-state index in [0.717, 1.165) is 54.0 Å². The van der Waals surface area contributed by atoms with Crippen molar-refractivity contribution in [3.05, 3.63) is 22.2 Å². The van der Waals surface area contributed by atoms with Crippen molar-refractivity contribution in [1.82, 2.24) is 9.97 Å². The van der Waals surface area contributed by atoms with E-state index >= 15 is 0 Å². The number of carbonyl (C=O) groups excluding carboxylic acids is 1. The van der Waals surface area contributed by atoms with Gasteiger partial charge in [-0.2, -0.15) is 0 Å². The van der Waals surface area contributed by atoms with Gasteiger partial charge in [-0.15, -0.1) is 11.3 Å². The van der Waals surface area contributed by atoms with Crippen LogP contribution in [0.15, 0.2) is 5.38 Å². The molecule has 0 spiro atoms. The average Bonchev–Trinajstić information content (AvgIpc) is 3.13. The van der Waals surface area contributed by atoms with E-state index in [9.17, 15) is 4.79 Å². The molecule has 0 saturated carbocycles. The molecule has 0 amide bonds. The predicted molar refractivity (Wildman–Crippen MR) is 96.2 cm³/mol. The highest BCUT2D eigenvalue weighted by atomic mass is 32.1. The zero-order valence-corrected chi connectivity index (χ0v) is 15.5. The molecule has 2 N–H and O–H groups in total. The Balaban J connectivity index is 1.85. The summed E-state index contributed by atoms with van der Waals surface area (Å²) >= 11 is 1.66. The summed E-state index contributed by atoms with van der Waals surface area (Å²) in [4.78, 5) is 24.2. The largest absolute Gasteiger partial charge is 0.462 e. The highest BCUT2D eigenvalue weighted by Gasteiger charge is 2.23. The number of esters is 1. The molecule has 0 atom stereocenters. The van der Waals surface area contributed by atoms with E-state index in [4.69, 9.17) is 9.72 Å². The van der Waals surface area contributed by atoms with Crippen LogP contribution in [0.3, 0.4) is 0 Å². The van der Waals surface area contributed by atoms with Crippen molar-refractivity contribution in [1.29, 1.82) is 0 Å². The van der Waals surface area contributed by atoms with E-state index in [1.54, 1.807) is 16.2 Å². The van der Waals surface area contributed by atoms with Crippen LogP contribution in [0.25, 0.3) is 11.4 Å². The predicted octanol–water partition coefficient (Wildman–Crippen LogP) is 1.27. The number of likely N-dealkylation sites (N-methyl/N-ethyl adjacent to an activating group) is 1. The van der Waals surface area contributed by atoms with Crippen LogP contribution < -0.4 is 9.80 Å². The lowest BCUT2D eigenvalue weighted by Crippen LogP contribution is -3.12. The summed E-state index contributed by atoms with van der Waals surface area (Å²) in [7, 11) is 2.23. The van der Waals surface area contributed by atoms with Gasteiger partial charge < -0.3 is 19.5 Å². The summed E-state index contributed by atoms with van der Waals surface area (Å²) in [6, 6.07) is 0. The van der Waals surface area contributed by atoms with Crippen molar-refractivity contribution in [2.45, 2.75) is 20.8 Å². The molecule has 1 saturated heterocycles. The second-order valence-corrected chi connectivity index (χ2v) is 7.14. The van der Waals surface area contributed by atoms with Crippen molar-refractivity contribution in [2.75, 3.05) is 44.7 Å². The number of nitrogens with one attached hydrogen (secondary N) is 2. The second-order valence-electron chi connectivity index (χ2n) is 6.30. The van der Waals surface area contributed by atoms with Gasteiger partial charge in [-0.05, 0) is 26.3 Å². The van der Waals surface area contributed by atoms with Gasteiger partial charge in [0.2, 0.25) is 0 Å². The van der Waals surface area contributed by atoms with Gasteiger partial charge in [-0.25, -0.2) is 9.78 Å². The number of thiazole rings is 1. The molecule has 2 aromatic rings. The summed E-state index contributed by atoms with van der Waals surface area (Å²) in [5.41, 5.74) is 4.18. The van der Waals surface area contributed by atoms with Crippen LogP contribution >= 0.6 is 11.3 Å². The lowest BCUT2D eigenvalue weighted by molar-refractivity contribution is -0.880. The fourth-order valence-electron chi connectivity index (χ4n) is 3.12. The smallest absolute Gasteiger partial charge is 0.340 e. The molecule has 0 unspecified atom stereocenters. The number of H-pyrrole nitrogens is 1. The number of quaternary nitrogens is 1. The first kappa shape index (κ1) is 17.0. The third-order valence-corrected chi connectivity index (χ3v) is 5.45. The molecule has 24 heavy (non-hydrogen) atoms. The van der Waals surface area contributed by atoms with E-state index in [0.29, 0.717) is 12.2 Å². The van der Waals surface area contributed by atoms with Gasteiger partial charge in [-0.3, -0.25) is 0 Å². The van der Waals surface area contributed by atoms with Gasteiger partial charge in [-0.1, -0.05) is 0 Å². The maximum absolute atomic E-state index is 12.1. The highest BCUT2D eigenvalue weighted by Crippen LogP contribution is 2.31. The number of hydrogen-bond donors (Lipinski definition) is 2. The summed E-state index contributed by atoms with van der Waals surface area (Å²) in [6.07, 6.45) is 0. The molecule has 0 aliphatic carbocycles. The molecule has 6 nitrogen and oxygen atoms in total. The van der Waals surface area contributed by atoms with Crippen molar-refractivity contribution >= 4 is 22.4 Å². The van der Waals surface area contributed by atoms with Crippen LogP contribution in [-0.4, -0.2) is 55.8 Å². The molecule has 7 heteroatoms. The second kappa shape index (κ2) is 6.94. The number of anilines is 1. The van der Waals surface area contributed by atoms with E-state index in [-0.39, 0.29) is 5.97 Å². The molecule has 1 aliphatic rings. The quantitative estimate of drug-likeness (QED) is 0.816. The molecule has 1 aliphatic heterocycles. The number of aromatic amines is 1. The molecule has 1 fully saturated rings. The Morgan fingerprint density at radius 2 is 2.12 bits per heavy atom. The van der Waals surface area contributed by atoms with Gasteiger partial charge >= 0.3 is 5.97 Å². The molecule has 3 heterocycles. The van der Waals surface area contributed by atoms with Crippen LogP contribution in [0.4, 0.5) is 5.13 Å². The van der Waals surface area contributed by atoms with E-state index in [1.807, 2.05) is 20.8 Å². The topological polar surface area (TPSA) is 62.7 Å². The van der Waals surface area contributed by atoms with E-state index < -0.39 is 0 Å². The van der Waals surface area contributed by atoms with E-state index in [2.05, 4.69) is 22.3 Å². The Hall–Kier alpha value is -1.86. The number of ether oxygens (including phenoxy) is 1. The third-order valence-electron chi connectivity index (χ3n) is 4.55. The molecule has 3 rings (SSSR count). The van der Waals surface area contributed by atoms with Crippen molar-refractivity contribution in [3.8, 4) is 11.4 Å².